The Morgan fingerprint density at radius 1 is 1.17 bits per heavy atom. The first-order valence-electron chi connectivity index (χ1n) is 9.55. The predicted octanol–water partition coefficient (Wildman–Crippen LogP) is 2.54. The Balaban J connectivity index is 1.43. The average molecular weight is 390 g/mol. The lowest BCUT2D eigenvalue weighted by molar-refractivity contribution is 0.0542. The van der Waals surface area contributed by atoms with Gasteiger partial charge in [0.2, 0.25) is 5.95 Å². The van der Waals surface area contributed by atoms with Crippen molar-refractivity contribution in [2.24, 2.45) is 13.0 Å². The molecule has 0 aromatic carbocycles. The second-order valence-electron chi connectivity index (χ2n) is 8.03. The summed E-state index contributed by atoms with van der Waals surface area (Å²) in [5.41, 5.74) is 1.78. The van der Waals surface area contributed by atoms with Crippen molar-refractivity contribution in [2.45, 2.75) is 31.8 Å². The van der Waals surface area contributed by atoms with Crippen LogP contribution in [0.5, 0.6) is 0 Å². The summed E-state index contributed by atoms with van der Waals surface area (Å²) in [6.07, 6.45) is 6.33. The maximum Gasteiger partial charge on any atom is 0.228 e. The molecule has 2 N–H and O–H groups in total. The zero-order valence-electron chi connectivity index (χ0n) is 16.5. The Bertz CT molecular complexity index is 1190. The molecular formula is C20H22N8O. The van der Waals surface area contributed by atoms with E-state index in [9.17, 15) is 5.11 Å². The molecule has 0 spiro atoms. The summed E-state index contributed by atoms with van der Waals surface area (Å²) in [7, 11) is 1.85. The standard InChI is InChI=1S/C20H22N8O/c1-20(2,29)14-11-13(14)18-26-25-17-10-12(6-9-28(17)18)15-4-7-21-19(23-15)24-16-5-8-22-27(16)3/h4-10,13-14,29H,11H2,1-3H3,(H,21,23,24)/t13-,14-/m1/s1. The summed E-state index contributed by atoms with van der Waals surface area (Å²) >= 11 is 0. The van der Waals surface area contributed by atoms with Crippen LogP contribution in [0.1, 0.15) is 32.0 Å². The summed E-state index contributed by atoms with van der Waals surface area (Å²) < 4.78 is 3.72. The molecule has 0 bridgehead atoms. The van der Waals surface area contributed by atoms with E-state index >= 15 is 0 Å². The van der Waals surface area contributed by atoms with Crippen molar-refractivity contribution in [3.63, 3.8) is 0 Å². The third-order valence-corrected chi connectivity index (χ3v) is 5.48. The van der Waals surface area contributed by atoms with Crippen LogP contribution >= 0.6 is 0 Å². The van der Waals surface area contributed by atoms with Crippen LogP contribution < -0.4 is 5.32 Å². The van der Waals surface area contributed by atoms with Gasteiger partial charge in [-0.1, -0.05) is 0 Å². The van der Waals surface area contributed by atoms with Crippen LogP contribution in [0, 0.1) is 5.92 Å². The van der Waals surface area contributed by atoms with Crippen LogP contribution in [0.2, 0.25) is 0 Å². The Morgan fingerprint density at radius 3 is 2.76 bits per heavy atom. The van der Waals surface area contributed by atoms with E-state index in [4.69, 9.17) is 0 Å². The molecule has 9 heteroatoms. The summed E-state index contributed by atoms with van der Waals surface area (Å²) in [5.74, 6) is 2.67. The highest BCUT2D eigenvalue weighted by molar-refractivity contribution is 5.65. The van der Waals surface area contributed by atoms with E-state index in [2.05, 4.69) is 30.6 Å². The van der Waals surface area contributed by atoms with E-state index in [0.29, 0.717) is 5.95 Å². The number of fused-ring (bicyclic) bond motifs is 1. The number of aromatic nitrogens is 7. The molecule has 1 aliphatic carbocycles. The predicted molar refractivity (Wildman–Crippen MR) is 108 cm³/mol. The lowest BCUT2D eigenvalue weighted by Gasteiger charge is -2.16. The number of rotatable bonds is 5. The minimum atomic E-state index is -0.700. The van der Waals surface area contributed by atoms with Gasteiger partial charge in [-0.15, -0.1) is 10.2 Å². The number of aryl methyl sites for hydroxylation is 1. The molecule has 29 heavy (non-hydrogen) atoms. The molecule has 4 aromatic heterocycles. The molecule has 5 rings (SSSR count). The Kier molecular flexibility index (Phi) is 3.88. The maximum absolute atomic E-state index is 10.2. The quantitative estimate of drug-likeness (QED) is 0.539. The van der Waals surface area contributed by atoms with Crippen molar-refractivity contribution in [1.82, 2.24) is 34.3 Å². The van der Waals surface area contributed by atoms with Crippen molar-refractivity contribution >= 4 is 17.4 Å². The van der Waals surface area contributed by atoms with Crippen LogP contribution in [0.3, 0.4) is 0 Å². The van der Waals surface area contributed by atoms with Crippen LogP contribution in [-0.2, 0) is 7.05 Å². The molecule has 2 atom stereocenters. The maximum atomic E-state index is 10.2. The highest BCUT2D eigenvalue weighted by atomic mass is 16.3. The van der Waals surface area contributed by atoms with Gasteiger partial charge in [-0.2, -0.15) is 5.10 Å². The molecule has 1 saturated carbocycles. The fourth-order valence-corrected chi connectivity index (χ4v) is 3.77. The normalized spacial score (nSPS) is 18.9. The van der Waals surface area contributed by atoms with Gasteiger partial charge in [0.15, 0.2) is 5.65 Å². The molecule has 0 amide bonds. The second kappa shape index (κ2) is 6.35. The fourth-order valence-electron chi connectivity index (χ4n) is 3.77. The van der Waals surface area contributed by atoms with Gasteiger partial charge in [-0.05, 0) is 44.4 Å². The Hall–Kier alpha value is -3.33. The van der Waals surface area contributed by atoms with Gasteiger partial charge in [-0.25, -0.2) is 9.97 Å². The van der Waals surface area contributed by atoms with E-state index in [1.165, 1.54) is 0 Å². The number of anilines is 2. The number of nitrogens with zero attached hydrogens (tertiary/aromatic N) is 7. The summed E-state index contributed by atoms with van der Waals surface area (Å²) in [5, 5.41) is 26.3. The molecule has 1 aliphatic rings. The largest absolute Gasteiger partial charge is 0.390 e. The fraction of sp³-hybridized carbons (Fsp3) is 0.350. The zero-order valence-corrected chi connectivity index (χ0v) is 16.5. The molecule has 4 heterocycles. The first-order chi connectivity index (χ1) is 13.9. The van der Waals surface area contributed by atoms with E-state index in [0.717, 1.165) is 35.0 Å². The van der Waals surface area contributed by atoms with Gasteiger partial charge in [-0.3, -0.25) is 9.08 Å². The number of pyridine rings is 1. The van der Waals surface area contributed by atoms with Crippen LogP contribution in [0.15, 0.2) is 42.9 Å². The number of hydrogen-bond acceptors (Lipinski definition) is 7. The lowest BCUT2D eigenvalue weighted by Crippen LogP contribution is -2.22. The summed E-state index contributed by atoms with van der Waals surface area (Å²) in [6.45, 7) is 3.70. The van der Waals surface area contributed by atoms with Gasteiger partial charge in [0.05, 0.1) is 17.5 Å². The second-order valence-corrected chi connectivity index (χ2v) is 8.03. The van der Waals surface area contributed by atoms with Crippen LogP contribution in [-0.4, -0.2) is 45.1 Å². The molecule has 1 fully saturated rings. The number of aliphatic hydroxyl groups is 1. The molecule has 0 aliphatic heterocycles. The topological polar surface area (TPSA) is 106 Å². The smallest absolute Gasteiger partial charge is 0.228 e. The lowest BCUT2D eigenvalue weighted by atomic mass is 10.0. The van der Waals surface area contributed by atoms with E-state index in [-0.39, 0.29) is 11.8 Å². The van der Waals surface area contributed by atoms with Crippen molar-refractivity contribution in [2.75, 3.05) is 5.32 Å². The first kappa shape index (κ1) is 17.7. The molecule has 0 unspecified atom stereocenters. The van der Waals surface area contributed by atoms with E-state index in [1.54, 1.807) is 17.1 Å². The highest BCUT2D eigenvalue weighted by Gasteiger charge is 2.49. The van der Waals surface area contributed by atoms with Crippen molar-refractivity contribution in [1.29, 1.82) is 0 Å². The molecule has 4 aromatic rings. The van der Waals surface area contributed by atoms with Gasteiger partial charge in [0, 0.05) is 37.0 Å². The SMILES string of the molecule is Cn1nccc1Nc1nccc(-c2ccn3c([C@@H]4C[C@H]4C(C)(C)O)nnc3c2)n1. The van der Waals surface area contributed by atoms with Crippen molar-refractivity contribution < 1.29 is 5.11 Å². The number of nitrogens with one attached hydrogen (secondary N) is 1. The van der Waals surface area contributed by atoms with Gasteiger partial charge in [0.1, 0.15) is 11.6 Å². The molecule has 0 saturated heterocycles. The van der Waals surface area contributed by atoms with Gasteiger partial charge < -0.3 is 10.4 Å². The van der Waals surface area contributed by atoms with E-state index < -0.39 is 5.60 Å². The summed E-state index contributed by atoms with van der Waals surface area (Å²) in [6, 6.07) is 7.69. The highest BCUT2D eigenvalue weighted by Crippen LogP contribution is 2.52. The molecular weight excluding hydrogens is 368 g/mol. The Morgan fingerprint density at radius 2 is 2.03 bits per heavy atom. The van der Waals surface area contributed by atoms with Gasteiger partial charge in [0.25, 0.3) is 0 Å². The third-order valence-electron chi connectivity index (χ3n) is 5.48. The Labute approximate surface area is 167 Å². The summed E-state index contributed by atoms with van der Waals surface area (Å²) in [4.78, 5) is 8.90. The molecule has 9 nitrogen and oxygen atoms in total. The van der Waals surface area contributed by atoms with Gasteiger partial charge >= 0.3 is 0 Å². The zero-order chi connectivity index (χ0) is 20.2. The minimum absolute atomic E-state index is 0.220. The van der Waals surface area contributed by atoms with Crippen LogP contribution in [0.4, 0.5) is 11.8 Å². The molecule has 0 radical (unpaired) electrons. The third kappa shape index (κ3) is 3.23. The minimum Gasteiger partial charge on any atom is -0.390 e. The number of hydrogen-bond donors (Lipinski definition) is 2. The van der Waals surface area contributed by atoms with Crippen molar-refractivity contribution in [3.8, 4) is 11.3 Å². The van der Waals surface area contributed by atoms with Crippen LogP contribution in [0.25, 0.3) is 16.9 Å². The van der Waals surface area contributed by atoms with Crippen molar-refractivity contribution in [3.05, 3.63) is 48.7 Å². The monoisotopic (exact) mass is 390 g/mol. The average Bonchev–Trinajstić information content (AvgIpc) is 3.25. The van der Waals surface area contributed by atoms with E-state index in [1.807, 2.05) is 55.8 Å². The molecule has 148 valence electrons. The first-order valence-corrected chi connectivity index (χ1v) is 9.55.